The largest absolute Gasteiger partial charge is 0.469 e. The summed E-state index contributed by atoms with van der Waals surface area (Å²) < 4.78 is 4.51. The molecule has 0 bridgehead atoms. The molecule has 0 spiro atoms. The highest BCUT2D eigenvalue weighted by atomic mass is 16.5. The van der Waals surface area contributed by atoms with Crippen molar-refractivity contribution in [2.75, 3.05) is 7.11 Å². The Balaban J connectivity index is 1.95. The van der Waals surface area contributed by atoms with Crippen molar-refractivity contribution in [2.24, 2.45) is 0 Å². The predicted molar refractivity (Wildman–Crippen MR) is 43.2 cm³/mol. The summed E-state index contributed by atoms with van der Waals surface area (Å²) in [6.45, 7) is 0. The van der Waals surface area contributed by atoms with Crippen molar-refractivity contribution >= 4 is 5.97 Å². The summed E-state index contributed by atoms with van der Waals surface area (Å²) in [5, 5.41) is 0. The molecule has 0 aromatic rings. The van der Waals surface area contributed by atoms with Gasteiger partial charge in [-0.1, -0.05) is 11.6 Å². The fourth-order valence-corrected chi connectivity index (χ4v) is 0.931. The maximum absolute atomic E-state index is 10.6. The number of carbonyl (C=O) groups is 1. The van der Waals surface area contributed by atoms with Gasteiger partial charge in [-0.15, -0.1) is 0 Å². The molecule has 0 unspecified atom stereocenters. The molecule has 0 aliphatic heterocycles. The van der Waals surface area contributed by atoms with E-state index in [0.29, 0.717) is 6.42 Å². The SMILES string of the molecule is COC(=O)CCCC=C1CC1. The third-order valence-corrected chi connectivity index (χ3v) is 1.78. The Labute approximate surface area is 67.2 Å². The van der Waals surface area contributed by atoms with E-state index in [1.807, 2.05) is 0 Å². The van der Waals surface area contributed by atoms with E-state index in [9.17, 15) is 4.79 Å². The summed E-state index contributed by atoms with van der Waals surface area (Å²) in [7, 11) is 1.43. The average Bonchev–Trinajstić information content (AvgIpc) is 2.81. The maximum Gasteiger partial charge on any atom is 0.305 e. The smallest absolute Gasteiger partial charge is 0.305 e. The zero-order valence-electron chi connectivity index (χ0n) is 6.93. The highest BCUT2D eigenvalue weighted by molar-refractivity contribution is 5.69. The van der Waals surface area contributed by atoms with E-state index in [2.05, 4.69) is 10.8 Å². The van der Waals surface area contributed by atoms with Gasteiger partial charge in [-0.25, -0.2) is 0 Å². The molecule has 0 radical (unpaired) electrons. The van der Waals surface area contributed by atoms with Gasteiger partial charge in [0.1, 0.15) is 0 Å². The van der Waals surface area contributed by atoms with Gasteiger partial charge in [-0.2, -0.15) is 0 Å². The van der Waals surface area contributed by atoms with Gasteiger partial charge in [0.25, 0.3) is 0 Å². The molecule has 11 heavy (non-hydrogen) atoms. The van der Waals surface area contributed by atoms with Crippen LogP contribution in [0.3, 0.4) is 0 Å². The molecule has 1 saturated carbocycles. The van der Waals surface area contributed by atoms with Gasteiger partial charge in [0.05, 0.1) is 7.11 Å². The van der Waals surface area contributed by atoms with Crippen molar-refractivity contribution in [3.8, 4) is 0 Å². The third kappa shape index (κ3) is 3.81. The molecule has 0 aromatic heterocycles. The van der Waals surface area contributed by atoms with Gasteiger partial charge in [-0.3, -0.25) is 4.79 Å². The molecule has 2 heteroatoms. The summed E-state index contributed by atoms with van der Waals surface area (Å²) >= 11 is 0. The highest BCUT2D eigenvalue weighted by Crippen LogP contribution is 2.28. The second-order valence-electron chi connectivity index (χ2n) is 2.83. The van der Waals surface area contributed by atoms with E-state index in [0.717, 1.165) is 12.8 Å². The summed E-state index contributed by atoms with van der Waals surface area (Å²) in [4.78, 5) is 10.6. The summed E-state index contributed by atoms with van der Waals surface area (Å²) in [6.07, 6.45) is 7.31. The van der Waals surface area contributed by atoms with E-state index in [1.54, 1.807) is 5.57 Å². The molecule has 0 atom stereocenters. The normalized spacial score (nSPS) is 14.5. The van der Waals surface area contributed by atoms with E-state index in [1.165, 1.54) is 20.0 Å². The zero-order chi connectivity index (χ0) is 8.10. The van der Waals surface area contributed by atoms with Gasteiger partial charge >= 0.3 is 5.97 Å². The van der Waals surface area contributed by atoms with Crippen LogP contribution in [-0.2, 0) is 9.53 Å². The Hall–Kier alpha value is -0.790. The average molecular weight is 154 g/mol. The monoisotopic (exact) mass is 154 g/mol. The number of ether oxygens (including phenoxy) is 1. The summed E-state index contributed by atoms with van der Waals surface area (Å²) in [6, 6.07) is 0. The van der Waals surface area contributed by atoms with Crippen LogP contribution in [0, 0.1) is 0 Å². The molecule has 62 valence electrons. The van der Waals surface area contributed by atoms with Crippen molar-refractivity contribution in [2.45, 2.75) is 32.1 Å². The lowest BCUT2D eigenvalue weighted by atomic mass is 10.2. The Bertz CT molecular complexity index is 164. The van der Waals surface area contributed by atoms with Crippen LogP contribution in [0.5, 0.6) is 0 Å². The van der Waals surface area contributed by atoms with Gasteiger partial charge < -0.3 is 4.74 Å². The lowest BCUT2D eigenvalue weighted by Crippen LogP contribution is -1.98. The van der Waals surface area contributed by atoms with Crippen LogP contribution < -0.4 is 0 Å². The number of hydrogen-bond donors (Lipinski definition) is 0. The summed E-state index contributed by atoms with van der Waals surface area (Å²) in [5.41, 5.74) is 1.55. The summed E-state index contributed by atoms with van der Waals surface area (Å²) in [5.74, 6) is -0.0980. The lowest BCUT2D eigenvalue weighted by molar-refractivity contribution is -0.140. The molecule has 2 nitrogen and oxygen atoms in total. The van der Waals surface area contributed by atoms with Gasteiger partial charge in [-0.05, 0) is 25.7 Å². The standard InChI is InChI=1S/C9H14O2/c1-11-9(10)5-3-2-4-8-6-7-8/h4H,2-3,5-7H2,1H3. The molecule has 0 N–H and O–H groups in total. The molecular weight excluding hydrogens is 140 g/mol. The highest BCUT2D eigenvalue weighted by Gasteiger charge is 2.09. The van der Waals surface area contributed by atoms with Crippen LogP contribution >= 0.6 is 0 Å². The number of hydrogen-bond acceptors (Lipinski definition) is 2. The van der Waals surface area contributed by atoms with Crippen molar-refractivity contribution in [3.05, 3.63) is 11.6 Å². The van der Waals surface area contributed by atoms with E-state index < -0.39 is 0 Å². The minimum atomic E-state index is -0.0980. The minimum Gasteiger partial charge on any atom is -0.469 e. The Morgan fingerprint density at radius 3 is 2.91 bits per heavy atom. The van der Waals surface area contributed by atoms with Crippen LogP contribution in [0.1, 0.15) is 32.1 Å². The fraction of sp³-hybridized carbons (Fsp3) is 0.667. The molecule has 1 fully saturated rings. The number of unbranched alkanes of at least 4 members (excludes halogenated alkanes) is 1. The van der Waals surface area contributed by atoms with Crippen LogP contribution in [0.15, 0.2) is 11.6 Å². The predicted octanol–water partition coefficient (Wildman–Crippen LogP) is 2.05. The van der Waals surface area contributed by atoms with Crippen LogP contribution in [0.4, 0.5) is 0 Å². The molecule has 1 rings (SSSR count). The first-order valence-electron chi connectivity index (χ1n) is 4.07. The Morgan fingerprint density at radius 1 is 1.64 bits per heavy atom. The van der Waals surface area contributed by atoms with Crippen molar-refractivity contribution in [1.29, 1.82) is 0 Å². The molecule has 0 aromatic carbocycles. The Kier molecular flexibility index (Phi) is 3.14. The van der Waals surface area contributed by atoms with Crippen LogP contribution in [-0.4, -0.2) is 13.1 Å². The van der Waals surface area contributed by atoms with Crippen molar-refractivity contribution in [1.82, 2.24) is 0 Å². The zero-order valence-corrected chi connectivity index (χ0v) is 6.93. The quantitative estimate of drug-likeness (QED) is 0.352. The molecular formula is C9H14O2. The van der Waals surface area contributed by atoms with E-state index in [-0.39, 0.29) is 5.97 Å². The number of methoxy groups -OCH3 is 1. The first-order valence-corrected chi connectivity index (χ1v) is 4.07. The minimum absolute atomic E-state index is 0.0980. The first kappa shape index (κ1) is 8.31. The third-order valence-electron chi connectivity index (χ3n) is 1.78. The molecule has 0 saturated heterocycles. The number of rotatable bonds is 4. The van der Waals surface area contributed by atoms with Gasteiger partial charge in [0.2, 0.25) is 0 Å². The number of allylic oxidation sites excluding steroid dienone is 2. The second kappa shape index (κ2) is 4.16. The molecule has 0 heterocycles. The maximum atomic E-state index is 10.6. The number of carbonyl (C=O) groups excluding carboxylic acids is 1. The van der Waals surface area contributed by atoms with Crippen LogP contribution in [0.2, 0.25) is 0 Å². The van der Waals surface area contributed by atoms with Gasteiger partial charge in [0.15, 0.2) is 0 Å². The molecule has 1 aliphatic rings. The van der Waals surface area contributed by atoms with Gasteiger partial charge in [0, 0.05) is 6.42 Å². The van der Waals surface area contributed by atoms with E-state index in [4.69, 9.17) is 0 Å². The molecule has 0 amide bonds. The molecule has 1 aliphatic carbocycles. The Morgan fingerprint density at radius 2 is 2.36 bits per heavy atom. The van der Waals surface area contributed by atoms with Crippen LogP contribution in [0.25, 0.3) is 0 Å². The number of esters is 1. The second-order valence-corrected chi connectivity index (χ2v) is 2.83. The van der Waals surface area contributed by atoms with E-state index >= 15 is 0 Å². The lowest BCUT2D eigenvalue weighted by Gasteiger charge is -1.94. The topological polar surface area (TPSA) is 26.3 Å². The van der Waals surface area contributed by atoms with Crippen molar-refractivity contribution in [3.63, 3.8) is 0 Å². The fourth-order valence-electron chi connectivity index (χ4n) is 0.931. The van der Waals surface area contributed by atoms with Crippen molar-refractivity contribution < 1.29 is 9.53 Å². The first-order chi connectivity index (χ1) is 5.33.